The largest absolute Gasteiger partial charge is 0.385 e. The van der Waals surface area contributed by atoms with Gasteiger partial charge < -0.3 is 4.74 Å². The summed E-state index contributed by atoms with van der Waals surface area (Å²) in [6, 6.07) is 0. The molecular weight excluding hydrogens is 316 g/mol. The molecule has 0 amide bonds. The second-order valence-corrected chi connectivity index (χ2v) is 9.34. The number of hydrogen-bond donors (Lipinski definition) is 0. The van der Waals surface area contributed by atoms with Crippen LogP contribution >= 0.6 is 0 Å². The van der Waals surface area contributed by atoms with Crippen LogP contribution < -0.4 is 0 Å². The Hall–Kier alpha value is -0.300. The molecule has 0 spiro atoms. The van der Waals surface area contributed by atoms with Crippen LogP contribution in [0, 0.1) is 5.41 Å². The van der Waals surface area contributed by atoms with E-state index in [9.17, 15) is 0 Å². The first-order chi connectivity index (χ1) is 12.6. The molecule has 26 heavy (non-hydrogen) atoms. The summed E-state index contributed by atoms with van der Waals surface area (Å²) < 4.78 is 5.09. The van der Waals surface area contributed by atoms with E-state index in [1.807, 2.05) is 0 Å². The molecule has 0 fully saturated rings. The number of allylic oxidation sites excluding steroid dienone is 2. The van der Waals surface area contributed by atoms with E-state index < -0.39 is 0 Å². The van der Waals surface area contributed by atoms with Crippen molar-refractivity contribution in [2.75, 3.05) is 13.7 Å². The molecule has 0 aromatic carbocycles. The fourth-order valence-electron chi connectivity index (χ4n) is 4.72. The van der Waals surface area contributed by atoms with E-state index >= 15 is 0 Å². The average molecular weight is 365 g/mol. The highest BCUT2D eigenvalue weighted by Crippen LogP contribution is 2.42. The van der Waals surface area contributed by atoms with Crippen molar-refractivity contribution >= 4 is 0 Å². The molecule has 1 rings (SSSR count). The zero-order valence-corrected chi connectivity index (χ0v) is 18.6. The van der Waals surface area contributed by atoms with Crippen molar-refractivity contribution in [3.05, 3.63) is 11.1 Å². The van der Waals surface area contributed by atoms with Crippen LogP contribution in [0.4, 0.5) is 0 Å². The van der Waals surface area contributed by atoms with Crippen LogP contribution in [0.3, 0.4) is 0 Å². The van der Waals surface area contributed by atoms with Crippen molar-refractivity contribution in [2.24, 2.45) is 5.41 Å². The zero-order chi connectivity index (χ0) is 19.1. The highest BCUT2D eigenvalue weighted by molar-refractivity contribution is 5.22. The number of methoxy groups -OCH3 is 1. The van der Waals surface area contributed by atoms with E-state index in [0.29, 0.717) is 5.41 Å². The van der Waals surface area contributed by atoms with Gasteiger partial charge in [-0.15, -0.1) is 0 Å². The van der Waals surface area contributed by atoms with Gasteiger partial charge in [-0.3, -0.25) is 0 Å². The minimum absolute atomic E-state index is 0.478. The summed E-state index contributed by atoms with van der Waals surface area (Å²) in [6.07, 6.45) is 24.0. The highest BCUT2D eigenvalue weighted by atomic mass is 16.5. The summed E-state index contributed by atoms with van der Waals surface area (Å²) in [7, 11) is 1.80. The fraction of sp³-hybridized carbons (Fsp3) is 0.920. The van der Waals surface area contributed by atoms with Crippen LogP contribution in [0.15, 0.2) is 11.1 Å². The van der Waals surface area contributed by atoms with Crippen LogP contribution in [-0.2, 0) is 4.74 Å². The van der Waals surface area contributed by atoms with Crippen LogP contribution in [0.25, 0.3) is 0 Å². The lowest BCUT2D eigenvalue weighted by Crippen LogP contribution is -2.20. The molecule has 0 saturated carbocycles. The van der Waals surface area contributed by atoms with E-state index in [0.717, 1.165) is 6.61 Å². The van der Waals surface area contributed by atoms with Crippen molar-refractivity contribution in [1.29, 1.82) is 0 Å². The molecule has 0 atom stereocenters. The van der Waals surface area contributed by atoms with Gasteiger partial charge in [0, 0.05) is 13.7 Å². The molecule has 1 nitrogen and oxygen atoms in total. The maximum Gasteiger partial charge on any atom is 0.0462 e. The van der Waals surface area contributed by atoms with Gasteiger partial charge in [-0.1, -0.05) is 95.6 Å². The smallest absolute Gasteiger partial charge is 0.0462 e. The Morgan fingerprint density at radius 3 is 1.65 bits per heavy atom. The third-order valence-electron chi connectivity index (χ3n) is 6.46. The van der Waals surface area contributed by atoms with Gasteiger partial charge in [-0.05, 0) is 50.9 Å². The van der Waals surface area contributed by atoms with Crippen LogP contribution in [0.5, 0.6) is 0 Å². The predicted octanol–water partition coefficient (Wildman–Crippen LogP) is 8.62. The molecule has 154 valence electrons. The van der Waals surface area contributed by atoms with Crippen molar-refractivity contribution < 1.29 is 4.74 Å². The fourth-order valence-corrected chi connectivity index (χ4v) is 4.72. The van der Waals surface area contributed by atoms with Crippen molar-refractivity contribution in [3.8, 4) is 0 Å². The van der Waals surface area contributed by atoms with Gasteiger partial charge in [0.1, 0.15) is 0 Å². The number of unbranched alkanes of at least 4 members (excludes halogenated alkanes) is 12. The maximum absolute atomic E-state index is 5.09. The first kappa shape index (κ1) is 23.7. The lowest BCUT2D eigenvalue weighted by Gasteiger charge is -2.34. The molecule has 0 N–H and O–H groups in total. The van der Waals surface area contributed by atoms with Crippen molar-refractivity contribution in [2.45, 2.75) is 130 Å². The minimum atomic E-state index is 0.478. The van der Waals surface area contributed by atoms with Crippen LogP contribution in [0.2, 0.25) is 0 Å². The normalized spacial score (nSPS) is 17.1. The molecule has 0 heterocycles. The third-order valence-corrected chi connectivity index (χ3v) is 6.46. The maximum atomic E-state index is 5.09. The SMILES string of the molecule is COCCCCCCCCCCCCCCCC1=C(C)CCCC1(C)C. The molecular formula is C25H48O. The number of hydrogen-bond acceptors (Lipinski definition) is 1. The lowest BCUT2D eigenvalue weighted by atomic mass is 9.71. The molecule has 1 aliphatic rings. The minimum Gasteiger partial charge on any atom is -0.385 e. The number of ether oxygens (including phenoxy) is 1. The van der Waals surface area contributed by atoms with Crippen LogP contribution in [0.1, 0.15) is 130 Å². The summed E-state index contributed by atoms with van der Waals surface area (Å²) in [5, 5.41) is 0. The topological polar surface area (TPSA) is 9.23 Å². The zero-order valence-electron chi connectivity index (χ0n) is 18.6. The quantitative estimate of drug-likeness (QED) is 0.197. The summed E-state index contributed by atoms with van der Waals surface area (Å²) in [5.41, 5.74) is 3.98. The first-order valence-electron chi connectivity index (χ1n) is 11.8. The molecule has 0 radical (unpaired) electrons. The Kier molecular flexibility index (Phi) is 13.4. The van der Waals surface area contributed by atoms with Gasteiger partial charge in [0.2, 0.25) is 0 Å². The molecule has 0 saturated heterocycles. The van der Waals surface area contributed by atoms with Gasteiger partial charge in [-0.2, -0.15) is 0 Å². The second-order valence-electron chi connectivity index (χ2n) is 9.34. The summed E-state index contributed by atoms with van der Waals surface area (Å²) in [6.45, 7) is 8.25. The number of rotatable bonds is 16. The van der Waals surface area contributed by atoms with E-state index in [2.05, 4.69) is 20.8 Å². The first-order valence-corrected chi connectivity index (χ1v) is 11.8. The summed E-state index contributed by atoms with van der Waals surface area (Å²) in [4.78, 5) is 0. The molecule has 0 aliphatic heterocycles. The van der Waals surface area contributed by atoms with Gasteiger partial charge in [0.15, 0.2) is 0 Å². The Bertz CT molecular complexity index is 366. The Labute approximate surface area is 165 Å². The summed E-state index contributed by atoms with van der Waals surface area (Å²) in [5.74, 6) is 0. The molecule has 0 aromatic rings. The Morgan fingerprint density at radius 1 is 0.731 bits per heavy atom. The average Bonchev–Trinajstić information content (AvgIpc) is 2.60. The van der Waals surface area contributed by atoms with E-state index in [4.69, 9.17) is 4.74 Å². The van der Waals surface area contributed by atoms with Crippen molar-refractivity contribution in [1.82, 2.24) is 0 Å². The van der Waals surface area contributed by atoms with Gasteiger partial charge in [0.25, 0.3) is 0 Å². The van der Waals surface area contributed by atoms with E-state index in [1.54, 1.807) is 18.3 Å². The Balaban J connectivity index is 1.87. The summed E-state index contributed by atoms with van der Waals surface area (Å²) >= 11 is 0. The van der Waals surface area contributed by atoms with E-state index in [1.165, 1.54) is 109 Å². The molecule has 1 heteroatoms. The highest BCUT2D eigenvalue weighted by Gasteiger charge is 2.27. The van der Waals surface area contributed by atoms with Crippen molar-refractivity contribution in [3.63, 3.8) is 0 Å². The van der Waals surface area contributed by atoms with Gasteiger partial charge in [-0.25, -0.2) is 0 Å². The third kappa shape index (κ3) is 10.8. The Morgan fingerprint density at radius 2 is 1.19 bits per heavy atom. The molecule has 0 bridgehead atoms. The molecule has 0 unspecified atom stereocenters. The standard InChI is InChI=1S/C25H48O/c1-23-19-18-21-25(2,3)24(23)20-16-14-12-10-8-6-5-7-9-11-13-15-17-22-26-4/h5-22H2,1-4H3. The second kappa shape index (κ2) is 14.7. The molecule has 1 aliphatic carbocycles. The predicted molar refractivity (Wildman–Crippen MR) is 117 cm³/mol. The van der Waals surface area contributed by atoms with Gasteiger partial charge in [0.05, 0.1) is 0 Å². The monoisotopic (exact) mass is 364 g/mol. The van der Waals surface area contributed by atoms with E-state index in [-0.39, 0.29) is 0 Å². The lowest BCUT2D eigenvalue weighted by molar-refractivity contribution is 0.192. The van der Waals surface area contributed by atoms with Crippen LogP contribution in [-0.4, -0.2) is 13.7 Å². The van der Waals surface area contributed by atoms with Gasteiger partial charge >= 0.3 is 0 Å². The molecule has 0 aromatic heterocycles.